The summed E-state index contributed by atoms with van der Waals surface area (Å²) in [4.78, 5) is 22.5. The number of amides is 1. The van der Waals surface area contributed by atoms with Gasteiger partial charge in [0.05, 0.1) is 12.2 Å². The fourth-order valence-corrected chi connectivity index (χ4v) is 2.14. The summed E-state index contributed by atoms with van der Waals surface area (Å²) < 4.78 is 10.1. The zero-order chi connectivity index (χ0) is 16.1. The summed E-state index contributed by atoms with van der Waals surface area (Å²) >= 11 is 0. The number of hydrogen-bond donors (Lipinski definition) is 2. The first-order valence-electron chi connectivity index (χ1n) is 7.11. The Bertz CT molecular complexity index is 654. The second-order valence-corrected chi connectivity index (χ2v) is 4.88. The Kier molecular flexibility index (Phi) is 4.98. The van der Waals surface area contributed by atoms with E-state index in [4.69, 9.17) is 14.0 Å². The minimum absolute atomic E-state index is 0.0582. The number of hydrogen-bond acceptors (Lipinski definition) is 5. The molecule has 2 N–H and O–H groups in total. The number of carboxylic acid groups (broad SMARTS) is 1. The third kappa shape index (κ3) is 3.55. The van der Waals surface area contributed by atoms with Gasteiger partial charge in [0.2, 0.25) is 5.76 Å². The van der Waals surface area contributed by atoms with Crippen LogP contribution in [0.1, 0.15) is 65.2 Å². The van der Waals surface area contributed by atoms with Crippen molar-refractivity contribution in [2.24, 2.45) is 0 Å². The van der Waals surface area contributed by atoms with Crippen molar-refractivity contribution in [2.75, 3.05) is 0 Å². The number of carboxylic acids is 1. The summed E-state index contributed by atoms with van der Waals surface area (Å²) in [6.45, 7) is 4.33. The second kappa shape index (κ2) is 6.93. The molecule has 1 amide bonds. The highest BCUT2D eigenvalue weighted by molar-refractivity contribution is 5.93. The van der Waals surface area contributed by atoms with E-state index in [1.165, 1.54) is 12.1 Å². The van der Waals surface area contributed by atoms with Gasteiger partial charge in [0.25, 0.3) is 5.91 Å². The van der Waals surface area contributed by atoms with Crippen LogP contribution in [0.3, 0.4) is 0 Å². The Balaban J connectivity index is 1.94. The van der Waals surface area contributed by atoms with Crippen LogP contribution in [0.2, 0.25) is 0 Å². The van der Waals surface area contributed by atoms with Crippen molar-refractivity contribution in [3.63, 3.8) is 0 Å². The van der Waals surface area contributed by atoms with E-state index in [2.05, 4.69) is 24.3 Å². The lowest BCUT2D eigenvalue weighted by atomic mass is 9.99. The fourth-order valence-electron chi connectivity index (χ4n) is 2.14. The number of rotatable bonds is 7. The van der Waals surface area contributed by atoms with Crippen molar-refractivity contribution in [3.8, 4) is 0 Å². The zero-order valence-electron chi connectivity index (χ0n) is 12.5. The Morgan fingerprint density at radius 1 is 1.27 bits per heavy atom. The lowest BCUT2D eigenvalue weighted by molar-refractivity contribution is 0.0659. The van der Waals surface area contributed by atoms with Crippen LogP contribution < -0.4 is 5.32 Å². The van der Waals surface area contributed by atoms with E-state index in [0.29, 0.717) is 11.7 Å². The molecule has 0 saturated heterocycles. The van der Waals surface area contributed by atoms with Gasteiger partial charge in [0, 0.05) is 12.0 Å². The van der Waals surface area contributed by atoms with E-state index < -0.39 is 11.9 Å². The van der Waals surface area contributed by atoms with Crippen molar-refractivity contribution in [3.05, 3.63) is 41.2 Å². The Hall–Kier alpha value is -2.57. The molecular weight excluding hydrogens is 288 g/mol. The molecule has 2 rings (SSSR count). The number of furan rings is 1. The Morgan fingerprint density at radius 3 is 2.55 bits per heavy atom. The molecule has 7 nitrogen and oxygen atoms in total. The highest BCUT2D eigenvalue weighted by Gasteiger charge is 2.16. The molecule has 0 unspecified atom stereocenters. The van der Waals surface area contributed by atoms with E-state index >= 15 is 0 Å². The van der Waals surface area contributed by atoms with Crippen LogP contribution in [0, 0.1) is 0 Å². The van der Waals surface area contributed by atoms with Gasteiger partial charge >= 0.3 is 5.97 Å². The molecule has 0 aromatic carbocycles. The summed E-state index contributed by atoms with van der Waals surface area (Å²) in [5, 5.41) is 15.3. The lowest BCUT2D eigenvalue weighted by Crippen LogP contribution is -2.22. The quantitative estimate of drug-likeness (QED) is 0.814. The van der Waals surface area contributed by atoms with Crippen LogP contribution in [0.4, 0.5) is 0 Å². The molecule has 0 bridgehead atoms. The van der Waals surface area contributed by atoms with Crippen molar-refractivity contribution >= 4 is 11.9 Å². The van der Waals surface area contributed by atoms with Gasteiger partial charge in [-0.1, -0.05) is 19.0 Å². The monoisotopic (exact) mass is 306 g/mol. The highest BCUT2D eigenvalue weighted by atomic mass is 16.5. The number of carbonyl (C=O) groups excluding carboxylic acids is 1. The van der Waals surface area contributed by atoms with Crippen molar-refractivity contribution in [1.29, 1.82) is 0 Å². The van der Waals surface area contributed by atoms with E-state index in [9.17, 15) is 9.59 Å². The van der Waals surface area contributed by atoms with Crippen LogP contribution in [0.5, 0.6) is 0 Å². The summed E-state index contributed by atoms with van der Waals surface area (Å²) in [7, 11) is 0. The van der Waals surface area contributed by atoms with Gasteiger partial charge in [-0.05, 0) is 25.0 Å². The number of aromatic nitrogens is 1. The SMILES string of the molecule is CCC(CC)c1cc(CNC(=O)c2ccc(C(=O)O)o2)on1. The Labute approximate surface area is 127 Å². The molecule has 0 radical (unpaired) electrons. The largest absolute Gasteiger partial charge is 0.475 e. The maximum Gasteiger partial charge on any atom is 0.371 e. The second-order valence-electron chi connectivity index (χ2n) is 4.88. The predicted molar refractivity (Wildman–Crippen MR) is 76.7 cm³/mol. The first-order valence-corrected chi connectivity index (χ1v) is 7.11. The molecule has 2 aromatic heterocycles. The zero-order valence-corrected chi connectivity index (χ0v) is 12.5. The van der Waals surface area contributed by atoms with Gasteiger partial charge in [0.1, 0.15) is 0 Å². The summed E-state index contributed by atoms with van der Waals surface area (Å²) in [5.74, 6) is -1.17. The normalized spacial score (nSPS) is 10.9. The average Bonchev–Trinajstić information content (AvgIpc) is 3.16. The molecule has 2 aromatic rings. The third-order valence-corrected chi connectivity index (χ3v) is 3.44. The number of aromatic carboxylic acids is 1. The van der Waals surface area contributed by atoms with Crippen LogP contribution >= 0.6 is 0 Å². The fraction of sp³-hybridized carbons (Fsp3) is 0.400. The van der Waals surface area contributed by atoms with Crippen molar-refractivity contribution in [1.82, 2.24) is 10.5 Å². The highest BCUT2D eigenvalue weighted by Crippen LogP contribution is 2.22. The van der Waals surface area contributed by atoms with Gasteiger partial charge in [-0.25, -0.2) is 4.79 Å². The molecule has 0 aliphatic rings. The van der Waals surface area contributed by atoms with Gasteiger partial charge in [-0.15, -0.1) is 0 Å². The predicted octanol–water partition coefficient (Wildman–Crippen LogP) is 2.80. The lowest BCUT2D eigenvalue weighted by Gasteiger charge is -2.05. The first-order chi connectivity index (χ1) is 10.5. The molecule has 2 heterocycles. The van der Waals surface area contributed by atoms with Gasteiger partial charge < -0.3 is 19.4 Å². The van der Waals surface area contributed by atoms with Crippen LogP contribution in [0.25, 0.3) is 0 Å². The maximum absolute atomic E-state index is 11.8. The minimum Gasteiger partial charge on any atom is -0.475 e. The molecule has 7 heteroatoms. The topological polar surface area (TPSA) is 106 Å². The molecule has 0 spiro atoms. The van der Waals surface area contributed by atoms with E-state index in [1.54, 1.807) is 0 Å². The minimum atomic E-state index is -1.22. The first kappa shape index (κ1) is 15.8. The summed E-state index contributed by atoms with van der Waals surface area (Å²) in [5.41, 5.74) is 0.875. The van der Waals surface area contributed by atoms with Gasteiger partial charge in [0.15, 0.2) is 11.5 Å². The van der Waals surface area contributed by atoms with Gasteiger partial charge in [-0.2, -0.15) is 0 Å². The van der Waals surface area contributed by atoms with Gasteiger partial charge in [-0.3, -0.25) is 4.79 Å². The third-order valence-electron chi connectivity index (χ3n) is 3.44. The van der Waals surface area contributed by atoms with Crippen molar-refractivity contribution < 1.29 is 23.6 Å². The molecule has 0 atom stereocenters. The average molecular weight is 306 g/mol. The number of carbonyl (C=O) groups is 2. The van der Waals surface area contributed by atoms with E-state index in [0.717, 1.165) is 18.5 Å². The van der Waals surface area contributed by atoms with E-state index in [1.807, 2.05) is 6.07 Å². The smallest absolute Gasteiger partial charge is 0.371 e. The van der Waals surface area contributed by atoms with Crippen molar-refractivity contribution in [2.45, 2.75) is 39.2 Å². The van der Waals surface area contributed by atoms with Crippen LogP contribution in [-0.2, 0) is 6.54 Å². The summed E-state index contributed by atoms with van der Waals surface area (Å²) in [6.07, 6.45) is 1.94. The molecular formula is C15H18N2O5. The molecule has 0 aliphatic heterocycles. The molecule has 118 valence electrons. The summed E-state index contributed by atoms with van der Waals surface area (Å²) in [6, 6.07) is 4.37. The van der Waals surface area contributed by atoms with Crippen LogP contribution in [-0.4, -0.2) is 22.1 Å². The van der Waals surface area contributed by atoms with E-state index in [-0.39, 0.29) is 18.1 Å². The standard InChI is InChI=1S/C15H18N2O5/c1-3-9(4-2)11-7-10(22-17-11)8-16-14(18)12-5-6-13(21-12)15(19)20/h5-7,9H,3-4,8H2,1-2H3,(H,16,18)(H,19,20). The Morgan fingerprint density at radius 2 is 1.95 bits per heavy atom. The molecule has 0 saturated carbocycles. The maximum atomic E-state index is 11.8. The molecule has 0 aliphatic carbocycles. The number of nitrogens with one attached hydrogen (secondary N) is 1. The molecule has 0 fully saturated rings. The number of nitrogens with zero attached hydrogens (tertiary/aromatic N) is 1. The molecule has 22 heavy (non-hydrogen) atoms. The van der Waals surface area contributed by atoms with Crippen LogP contribution in [0.15, 0.2) is 27.1 Å².